The van der Waals surface area contributed by atoms with Crippen molar-refractivity contribution in [1.29, 1.82) is 0 Å². The Morgan fingerprint density at radius 2 is 1.90 bits per heavy atom. The highest BCUT2D eigenvalue weighted by atomic mass is 32.1. The molecule has 0 saturated heterocycles. The molecule has 2 nitrogen and oxygen atoms in total. The van der Waals surface area contributed by atoms with Crippen LogP contribution in [0, 0.1) is 5.82 Å². The molecule has 4 heteroatoms. The predicted octanol–water partition coefficient (Wildman–Crippen LogP) is 4.27. The number of thiophene rings is 1. The second kappa shape index (κ2) is 5.31. The van der Waals surface area contributed by atoms with Crippen LogP contribution in [0.15, 0.2) is 48.8 Å². The average Bonchev–Trinajstić information content (AvgIpc) is 2.89. The summed E-state index contributed by atoms with van der Waals surface area (Å²) >= 11 is 1.44. The summed E-state index contributed by atoms with van der Waals surface area (Å²) in [5.41, 5.74) is 1.04. The number of aromatic nitrogens is 1. The molecule has 0 bridgehead atoms. The molecule has 20 heavy (non-hydrogen) atoms. The van der Waals surface area contributed by atoms with Crippen molar-refractivity contribution < 1.29 is 9.50 Å². The van der Waals surface area contributed by atoms with Crippen molar-refractivity contribution in [1.82, 2.24) is 4.98 Å². The zero-order chi connectivity index (χ0) is 14.1. The Labute approximate surface area is 120 Å². The fourth-order valence-electron chi connectivity index (χ4n) is 2.27. The predicted molar refractivity (Wildman–Crippen MR) is 79.4 cm³/mol. The van der Waals surface area contributed by atoms with E-state index in [2.05, 4.69) is 4.98 Å². The minimum Gasteiger partial charge on any atom is -0.387 e. The molecule has 0 radical (unpaired) electrons. The van der Waals surface area contributed by atoms with E-state index in [-0.39, 0.29) is 11.7 Å². The molecule has 2 unspecified atom stereocenters. The van der Waals surface area contributed by atoms with Crippen LogP contribution in [0.2, 0.25) is 0 Å². The number of halogens is 1. The first-order chi connectivity index (χ1) is 9.65. The van der Waals surface area contributed by atoms with Gasteiger partial charge in [0.25, 0.3) is 0 Å². The molecule has 1 aromatic carbocycles. The van der Waals surface area contributed by atoms with Crippen LogP contribution in [0.3, 0.4) is 0 Å². The van der Waals surface area contributed by atoms with E-state index in [0.29, 0.717) is 0 Å². The van der Waals surface area contributed by atoms with Gasteiger partial charge in [-0.05, 0) is 41.3 Å². The van der Waals surface area contributed by atoms with E-state index in [1.807, 2.05) is 25.1 Å². The molecule has 0 aliphatic carbocycles. The molecule has 2 atom stereocenters. The Balaban J connectivity index is 1.94. The van der Waals surface area contributed by atoms with Crippen LogP contribution in [0.4, 0.5) is 4.39 Å². The largest absolute Gasteiger partial charge is 0.387 e. The summed E-state index contributed by atoms with van der Waals surface area (Å²) in [6, 6.07) is 10.4. The summed E-state index contributed by atoms with van der Waals surface area (Å²) < 4.78 is 14.1. The van der Waals surface area contributed by atoms with Gasteiger partial charge in [0.2, 0.25) is 0 Å². The smallest absolute Gasteiger partial charge is 0.124 e. The Bertz CT molecular complexity index is 726. The monoisotopic (exact) mass is 287 g/mol. The fourth-order valence-corrected chi connectivity index (χ4v) is 3.45. The number of rotatable bonds is 3. The Hall–Kier alpha value is -1.78. The molecule has 0 fully saturated rings. The third-order valence-electron chi connectivity index (χ3n) is 3.50. The number of aliphatic hydroxyl groups is 1. The van der Waals surface area contributed by atoms with E-state index in [1.165, 1.54) is 23.5 Å². The van der Waals surface area contributed by atoms with Crippen molar-refractivity contribution in [2.45, 2.75) is 18.9 Å². The maximum Gasteiger partial charge on any atom is 0.124 e. The second-order valence-electron chi connectivity index (χ2n) is 4.84. The van der Waals surface area contributed by atoms with Gasteiger partial charge in [-0.3, -0.25) is 4.98 Å². The highest BCUT2D eigenvalue weighted by molar-refractivity contribution is 7.19. The van der Waals surface area contributed by atoms with E-state index in [4.69, 9.17) is 0 Å². The molecule has 0 saturated carbocycles. The van der Waals surface area contributed by atoms with Gasteiger partial charge in [0.15, 0.2) is 0 Å². The van der Waals surface area contributed by atoms with Gasteiger partial charge in [-0.2, -0.15) is 0 Å². The lowest BCUT2D eigenvalue weighted by Crippen LogP contribution is -2.06. The first kappa shape index (κ1) is 13.2. The standard InChI is InChI=1S/C16H14FNOS/c1-10(11-4-6-18-7-5-11)16(19)15-8-12-2-3-13(17)9-14(12)20-15/h2-10,16,19H,1H3. The Morgan fingerprint density at radius 3 is 2.65 bits per heavy atom. The summed E-state index contributed by atoms with van der Waals surface area (Å²) in [6.45, 7) is 1.98. The second-order valence-corrected chi connectivity index (χ2v) is 5.96. The van der Waals surface area contributed by atoms with Gasteiger partial charge in [-0.25, -0.2) is 4.39 Å². The van der Waals surface area contributed by atoms with Crippen LogP contribution in [0.25, 0.3) is 10.1 Å². The molecule has 1 N–H and O–H groups in total. The van der Waals surface area contributed by atoms with Gasteiger partial charge in [0.1, 0.15) is 5.82 Å². The van der Waals surface area contributed by atoms with Crippen LogP contribution in [-0.4, -0.2) is 10.1 Å². The van der Waals surface area contributed by atoms with Gasteiger partial charge < -0.3 is 5.11 Å². The third kappa shape index (κ3) is 2.44. The molecule has 2 aromatic heterocycles. The number of pyridine rings is 1. The lowest BCUT2D eigenvalue weighted by atomic mass is 9.95. The minimum absolute atomic E-state index is 0.0316. The first-order valence-electron chi connectivity index (χ1n) is 6.42. The van der Waals surface area contributed by atoms with E-state index in [1.54, 1.807) is 18.5 Å². The highest BCUT2D eigenvalue weighted by Crippen LogP contribution is 2.37. The van der Waals surface area contributed by atoms with Crippen molar-refractivity contribution in [3.05, 3.63) is 65.0 Å². The van der Waals surface area contributed by atoms with E-state index < -0.39 is 6.10 Å². The van der Waals surface area contributed by atoms with E-state index >= 15 is 0 Å². The van der Waals surface area contributed by atoms with Crippen LogP contribution in [0.1, 0.15) is 29.4 Å². The number of fused-ring (bicyclic) bond motifs is 1. The molecular weight excluding hydrogens is 273 g/mol. The Morgan fingerprint density at radius 1 is 1.15 bits per heavy atom. The first-order valence-corrected chi connectivity index (χ1v) is 7.24. The van der Waals surface area contributed by atoms with Crippen LogP contribution < -0.4 is 0 Å². The topological polar surface area (TPSA) is 33.1 Å². The quantitative estimate of drug-likeness (QED) is 0.780. The fraction of sp³-hybridized carbons (Fsp3) is 0.188. The number of benzene rings is 1. The molecule has 0 aliphatic heterocycles. The Kier molecular flexibility index (Phi) is 3.51. The number of nitrogens with zero attached hydrogens (tertiary/aromatic N) is 1. The minimum atomic E-state index is -0.599. The van der Waals surface area contributed by atoms with Gasteiger partial charge in [0.05, 0.1) is 6.10 Å². The van der Waals surface area contributed by atoms with E-state index in [9.17, 15) is 9.50 Å². The summed E-state index contributed by atoms with van der Waals surface area (Å²) in [4.78, 5) is 4.84. The molecule has 3 rings (SSSR count). The molecule has 3 aromatic rings. The third-order valence-corrected chi connectivity index (χ3v) is 4.67. The van der Waals surface area contributed by atoms with Gasteiger partial charge in [-0.1, -0.05) is 13.0 Å². The highest BCUT2D eigenvalue weighted by Gasteiger charge is 2.20. The summed E-state index contributed by atoms with van der Waals surface area (Å²) in [5, 5.41) is 11.5. The van der Waals surface area contributed by atoms with Crippen molar-refractivity contribution in [2.75, 3.05) is 0 Å². The van der Waals surface area contributed by atoms with Crippen molar-refractivity contribution in [2.24, 2.45) is 0 Å². The normalized spacial score (nSPS) is 14.3. The summed E-state index contributed by atoms with van der Waals surface area (Å²) in [5.74, 6) is -0.279. The van der Waals surface area contributed by atoms with Crippen LogP contribution >= 0.6 is 11.3 Å². The lowest BCUT2D eigenvalue weighted by Gasteiger charge is -2.17. The molecular formula is C16H14FNOS. The van der Waals surface area contributed by atoms with Gasteiger partial charge in [0, 0.05) is 27.9 Å². The molecule has 0 aliphatic rings. The van der Waals surface area contributed by atoms with Gasteiger partial charge in [-0.15, -0.1) is 11.3 Å². The van der Waals surface area contributed by atoms with Gasteiger partial charge >= 0.3 is 0 Å². The number of aliphatic hydroxyl groups excluding tert-OH is 1. The zero-order valence-electron chi connectivity index (χ0n) is 11.0. The molecule has 0 amide bonds. The van der Waals surface area contributed by atoms with Crippen molar-refractivity contribution in [3.63, 3.8) is 0 Å². The summed E-state index contributed by atoms with van der Waals surface area (Å²) in [7, 11) is 0. The van der Waals surface area contributed by atoms with Crippen molar-refractivity contribution >= 4 is 21.4 Å². The molecule has 0 spiro atoms. The molecule has 102 valence electrons. The number of hydrogen-bond donors (Lipinski definition) is 1. The van der Waals surface area contributed by atoms with Crippen LogP contribution in [0.5, 0.6) is 0 Å². The lowest BCUT2D eigenvalue weighted by molar-refractivity contribution is 0.155. The van der Waals surface area contributed by atoms with Crippen molar-refractivity contribution in [3.8, 4) is 0 Å². The van der Waals surface area contributed by atoms with Crippen LogP contribution in [-0.2, 0) is 0 Å². The average molecular weight is 287 g/mol. The summed E-state index contributed by atoms with van der Waals surface area (Å²) in [6.07, 6.45) is 2.84. The zero-order valence-corrected chi connectivity index (χ0v) is 11.8. The molecule has 2 heterocycles. The van der Waals surface area contributed by atoms with E-state index in [0.717, 1.165) is 20.5 Å². The maximum absolute atomic E-state index is 13.2. The maximum atomic E-state index is 13.2. The number of hydrogen-bond acceptors (Lipinski definition) is 3. The SMILES string of the molecule is CC(c1ccncc1)C(O)c1cc2ccc(F)cc2s1.